The van der Waals surface area contributed by atoms with Crippen molar-refractivity contribution in [3.8, 4) is 0 Å². The second-order valence-electron chi connectivity index (χ2n) is 4.45. The third-order valence-corrected chi connectivity index (χ3v) is 3.04. The Kier molecular flexibility index (Phi) is 4.52. The largest absolute Gasteiger partial charge is 0.381 e. The maximum atomic E-state index is 11.9. The lowest BCUT2D eigenvalue weighted by Crippen LogP contribution is -2.33. The van der Waals surface area contributed by atoms with Gasteiger partial charge in [0.1, 0.15) is 11.5 Å². The highest BCUT2D eigenvalue weighted by Crippen LogP contribution is 2.12. The van der Waals surface area contributed by atoms with Gasteiger partial charge in [-0.2, -0.15) is 0 Å². The molecule has 1 saturated heterocycles. The third kappa shape index (κ3) is 3.43. The van der Waals surface area contributed by atoms with Gasteiger partial charge in [0.25, 0.3) is 5.91 Å². The van der Waals surface area contributed by atoms with E-state index in [1.165, 1.54) is 0 Å². The number of anilines is 1. The predicted molar refractivity (Wildman–Crippen MR) is 69.7 cm³/mol. The van der Waals surface area contributed by atoms with Gasteiger partial charge < -0.3 is 15.4 Å². The fraction of sp³-hybridized carbons (Fsp3) is 0.538. The number of hydrogen-bond acceptors (Lipinski definition) is 4. The third-order valence-electron chi connectivity index (χ3n) is 3.04. The Labute approximate surface area is 107 Å². The summed E-state index contributed by atoms with van der Waals surface area (Å²) in [5.74, 6) is 0.997. The molecule has 0 aliphatic carbocycles. The highest BCUT2D eigenvalue weighted by molar-refractivity contribution is 5.92. The Balaban J connectivity index is 1.86. The molecule has 1 aliphatic rings. The van der Waals surface area contributed by atoms with Crippen molar-refractivity contribution in [1.82, 2.24) is 10.3 Å². The first-order chi connectivity index (χ1) is 8.79. The van der Waals surface area contributed by atoms with Crippen molar-refractivity contribution in [2.24, 2.45) is 5.92 Å². The zero-order chi connectivity index (χ0) is 12.8. The molecule has 5 heteroatoms. The van der Waals surface area contributed by atoms with E-state index < -0.39 is 0 Å². The molecular formula is C13H19N3O2. The van der Waals surface area contributed by atoms with Crippen molar-refractivity contribution >= 4 is 11.7 Å². The summed E-state index contributed by atoms with van der Waals surface area (Å²) in [6.45, 7) is 2.24. The number of hydrogen-bond donors (Lipinski definition) is 2. The van der Waals surface area contributed by atoms with Crippen LogP contribution < -0.4 is 10.6 Å². The van der Waals surface area contributed by atoms with Crippen LogP contribution in [0.2, 0.25) is 0 Å². The van der Waals surface area contributed by atoms with Crippen molar-refractivity contribution in [2.45, 2.75) is 12.8 Å². The van der Waals surface area contributed by atoms with E-state index in [0.717, 1.165) is 26.1 Å². The van der Waals surface area contributed by atoms with Crippen LogP contribution in [0.1, 0.15) is 23.3 Å². The van der Waals surface area contributed by atoms with Crippen LogP contribution in [0.3, 0.4) is 0 Å². The number of nitrogens with zero attached hydrogens (tertiary/aromatic N) is 1. The van der Waals surface area contributed by atoms with E-state index in [-0.39, 0.29) is 5.91 Å². The first kappa shape index (κ1) is 12.8. The van der Waals surface area contributed by atoms with Gasteiger partial charge in [-0.3, -0.25) is 4.79 Å². The molecule has 0 bridgehead atoms. The predicted octanol–water partition coefficient (Wildman–Crippen LogP) is 1.28. The Morgan fingerprint density at radius 1 is 1.56 bits per heavy atom. The van der Waals surface area contributed by atoms with Crippen molar-refractivity contribution in [3.05, 3.63) is 23.9 Å². The number of carbonyl (C=O) groups is 1. The standard InChI is InChI=1S/C13H19N3O2/c1-14-12-6-2-5-11(16-12)13(17)15-8-10-4-3-7-18-9-10/h2,5-6,10H,3-4,7-9H2,1H3,(H,14,16)(H,15,17). The van der Waals surface area contributed by atoms with E-state index in [2.05, 4.69) is 15.6 Å². The first-order valence-electron chi connectivity index (χ1n) is 6.30. The summed E-state index contributed by atoms with van der Waals surface area (Å²) < 4.78 is 5.38. The van der Waals surface area contributed by atoms with Crippen LogP contribution in [-0.4, -0.2) is 37.7 Å². The SMILES string of the molecule is CNc1cccc(C(=O)NCC2CCCOC2)n1. The average Bonchev–Trinajstić information content (AvgIpc) is 2.46. The highest BCUT2D eigenvalue weighted by Gasteiger charge is 2.15. The second-order valence-corrected chi connectivity index (χ2v) is 4.45. The number of carbonyl (C=O) groups excluding carboxylic acids is 1. The maximum absolute atomic E-state index is 11.9. The van der Waals surface area contributed by atoms with Gasteiger partial charge in [0, 0.05) is 20.2 Å². The van der Waals surface area contributed by atoms with E-state index in [0.29, 0.717) is 24.0 Å². The molecule has 1 aromatic heterocycles. The summed E-state index contributed by atoms with van der Waals surface area (Å²) in [5, 5.41) is 5.83. The number of pyridine rings is 1. The monoisotopic (exact) mass is 249 g/mol. The van der Waals surface area contributed by atoms with Gasteiger partial charge in [0.15, 0.2) is 0 Å². The van der Waals surface area contributed by atoms with Crippen LogP contribution in [0.5, 0.6) is 0 Å². The van der Waals surface area contributed by atoms with E-state index in [9.17, 15) is 4.79 Å². The molecule has 1 atom stereocenters. The second kappa shape index (κ2) is 6.35. The molecule has 1 fully saturated rings. The van der Waals surface area contributed by atoms with Crippen LogP contribution in [0.15, 0.2) is 18.2 Å². The summed E-state index contributed by atoms with van der Waals surface area (Å²) in [6.07, 6.45) is 2.19. The number of aromatic nitrogens is 1. The molecule has 2 heterocycles. The fourth-order valence-corrected chi connectivity index (χ4v) is 2.00. The molecule has 0 saturated carbocycles. The summed E-state index contributed by atoms with van der Waals surface area (Å²) in [4.78, 5) is 16.1. The molecule has 0 aromatic carbocycles. The summed E-state index contributed by atoms with van der Waals surface area (Å²) in [5.41, 5.74) is 0.443. The van der Waals surface area contributed by atoms with E-state index >= 15 is 0 Å². The normalized spacial score (nSPS) is 19.3. The number of ether oxygens (including phenoxy) is 1. The van der Waals surface area contributed by atoms with Gasteiger partial charge in [-0.05, 0) is 30.9 Å². The van der Waals surface area contributed by atoms with Crippen LogP contribution in [0.25, 0.3) is 0 Å². The van der Waals surface area contributed by atoms with E-state index in [4.69, 9.17) is 4.74 Å². The highest BCUT2D eigenvalue weighted by atomic mass is 16.5. The van der Waals surface area contributed by atoms with E-state index in [1.54, 1.807) is 13.1 Å². The van der Waals surface area contributed by atoms with Gasteiger partial charge >= 0.3 is 0 Å². The Hall–Kier alpha value is -1.62. The lowest BCUT2D eigenvalue weighted by Gasteiger charge is -2.22. The molecule has 0 spiro atoms. The number of rotatable bonds is 4. The molecule has 0 radical (unpaired) electrons. The first-order valence-corrected chi connectivity index (χ1v) is 6.30. The van der Waals surface area contributed by atoms with Crippen LogP contribution in [-0.2, 0) is 4.74 Å². The van der Waals surface area contributed by atoms with Crippen molar-refractivity contribution in [1.29, 1.82) is 0 Å². The minimum atomic E-state index is -0.127. The molecule has 98 valence electrons. The Morgan fingerprint density at radius 3 is 3.17 bits per heavy atom. The lowest BCUT2D eigenvalue weighted by atomic mass is 10.0. The van der Waals surface area contributed by atoms with Crippen LogP contribution >= 0.6 is 0 Å². The van der Waals surface area contributed by atoms with Crippen molar-refractivity contribution in [2.75, 3.05) is 32.1 Å². The molecular weight excluding hydrogens is 230 g/mol. The number of amides is 1. The van der Waals surface area contributed by atoms with Gasteiger partial charge in [0.2, 0.25) is 0 Å². The van der Waals surface area contributed by atoms with Crippen LogP contribution in [0.4, 0.5) is 5.82 Å². The molecule has 18 heavy (non-hydrogen) atoms. The van der Waals surface area contributed by atoms with Crippen molar-refractivity contribution < 1.29 is 9.53 Å². The smallest absolute Gasteiger partial charge is 0.269 e. The molecule has 2 N–H and O–H groups in total. The quantitative estimate of drug-likeness (QED) is 0.843. The zero-order valence-electron chi connectivity index (χ0n) is 10.6. The van der Waals surface area contributed by atoms with E-state index in [1.807, 2.05) is 12.1 Å². The molecule has 1 unspecified atom stereocenters. The fourth-order valence-electron chi connectivity index (χ4n) is 2.00. The summed E-state index contributed by atoms with van der Waals surface area (Å²) in [6, 6.07) is 5.36. The minimum Gasteiger partial charge on any atom is -0.381 e. The molecule has 2 rings (SSSR count). The lowest BCUT2D eigenvalue weighted by molar-refractivity contribution is 0.0535. The van der Waals surface area contributed by atoms with Gasteiger partial charge in [0.05, 0.1) is 6.61 Å². The molecule has 5 nitrogen and oxygen atoms in total. The van der Waals surface area contributed by atoms with Gasteiger partial charge in [-0.15, -0.1) is 0 Å². The zero-order valence-corrected chi connectivity index (χ0v) is 10.6. The average molecular weight is 249 g/mol. The van der Waals surface area contributed by atoms with Crippen LogP contribution in [0, 0.1) is 5.92 Å². The molecule has 1 aliphatic heterocycles. The van der Waals surface area contributed by atoms with Crippen molar-refractivity contribution in [3.63, 3.8) is 0 Å². The maximum Gasteiger partial charge on any atom is 0.269 e. The molecule has 1 amide bonds. The topological polar surface area (TPSA) is 63.2 Å². The Bertz CT molecular complexity index is 403. The minimum absolute atomic E-state index is 0.127. The number of nitrogens with one attached hydrogen (secondary N) is 2. The molecule has 1 aromatic rings. The van der Waals surface area contributed by atoms with Gasteiger partial charge in [-0.1, -0.05) is 6.07 Å². The Morgan fingerprint density at radius 2 is 2.44 bits per heavy atom. The van der Waals surface area contributed by atoms with Gasteiger partial charge in [-0.25, -0.2) is 4.98 Å². The summed E-state index contributed by atoms with van der Waals surface area (Å²) in [7, 11) is 1.78. The summed E-state index contributed by atoms with van der Waals surface area (Å²) >= 11 is 0.